The smallest absolute Gasteiger partial charge is 0.259 e. The summed E-state index contributed by atoms with van der Waals surface area (Å²) in [6.45, 7) is 1.05. The number of rotatable bonds is 3. The van der Waals surface area contributed by atoms with Crippen molar-refractivity contribution >= 4 is 11.6 Å². The number of benzene rings is 2. The number of carbonyl (C=O) groups excluding carboxylic acids is 1. The number of methoxy groups -OCH3 is 1. The lowest BCUT2D eigenvalue weighted by atomic mass is 10.2. The van der Waals surface area contributed by atoms with Crippen LogP contribution in [0.1, 0.15) is 10.4 Å². The Kier molecular flexibility index (Phi) is 3.64. The van der Waals surface area contributed by atoms with Gasteiger partial charge in [0.1, 0.15) is 19.0 Å². The quantitative estimate of drug-likeness (QED) is 0.942. The summed E-state index contributed by atoms with van der Waals surface area (Å²) in [7, 11) is 1.54. The third kappa shape index (κ3) is 2.76. The summed E-state index contributed by atoms with van der Waals surface area (Å²) >= 11 is 0. The van der Waals surface area contributed by atoms with E-state index in [0.29, 0.717) is 41.7 Å². The molecule has 0 saturated heterocycles. The Morgan fingerprint density at radius 3 is 2.67 bits per heavy atom. The molecule has 21 heavy (non-hydrogen) atoms. The number of anilines is 1. The van der Waals surface area contributed by atoms with Crippen molar-refractivity contribution < 1.29 is 19.0 Å². The number of hydrogen-bond acceptors (Lipinski definition) is 4. The van der Waals surface area contributed by atoms with Crippen molar-refractivity contribution in [3.8, 4) is 17.2 Å². The van der Waals surface area contributed by atoms with Crippen molar-refractivity contribution in [3.05, 3.63) is 48.0 Å². The van der Waals surface area contributed by atoms with Gasteiger partial charge in [-0.1, -0.05) is 12.1 Å². The van der Waals surface area contributed by atoms with Gasteiger partial charge in [0.2, 0.25) is 0 Å². The highest BCUT2D eigenvalue weighted by molar-refractivity contribution is 6.06. The minimum absolute atomic E-state index is 0.232. The van der Waals surface area contributed by atoms with E-state index in [2.05, 4.69) is 5.32 Å². The lowest BCUT2D eigenvalue weighted by molar-refractivity contribution is 0.102. The highest BCUT2D eigenvalue weighted by Gasteiger charge is 2.15. The van der Waals surface area contributed by atoms with Crippen molar-refractivity contribution in [3.63, 3.8) is 0 Å². The highest BCUT2D eigenvalue weighted by Crippen LogP contribution is 2.32. The second-order valence-electron chi connectivity index (χ2n) is 4.51. The van der Waals surface area contributed by atoms with Crippen LogP contribution >= 0.6 is 0 Å². The van der Waals surface area contributed by atoms with Crippen LogP contribution in [0.5, 0.6) is 17.2 Å². The van der Waals surface area contributed by atoms with Gasteiger partial charge < -0.3 is 19.5 Å². The first-order valence-corrected chi connectivity index (χ1v) is 6.62. The van der Waals surface area contributed by atoms with Gasteiger partial charge in [0, 0.05) is 11.8 Å². The Balaban J connectivity index is 1.81. The predicted molar refractivity (Wildman–Crippen MR) is 78.4 cm³/mol. The van der Waals surface area contributed by atoms with Crippen LogP contribution in [0.15, 0.2) is 42.5 Å². The summed E-state index contributed by atoms with van der Waals surface area (Å²) in [4.78, 5) is 12.3. The van der Waals surface area contributed by atoms with E-state index >= 15 is 0 Å². The SMILES string of the molecule is COc1ccccc1C(=O)Nc1ccc2c(c1)OCCO2. The fourth-order valence-corrected chi connectivity index (χ4v) is 2.15. The van der Waals surface area contributed by atoms with Crippen LogP contribution < -0.4 is 19.5 Å². The van der Waals surface area contributed by atoms with Gasteiger partial charge in [0.05, 0.1) is 12.7 Å². The van der Waals surface area contributed by atoms with Gasteiger partial charge in [-0.3, -0.25) is 4.79 Å². The molecule has 0 radical (unpaired) electrons. The molecular formula is C16H15NO4. The van der Waals surface area contributed by atoms with E-state index in [1.165, 1.54) is 7.11 Å². The lowest BCUT2D eigenvalue weighted by Gasteiger charge is -2.19. The Hall–Kier alpha value is -2.69. The summed E-state index contributed by atoms with van der Waals surface area (Å²) in [5.74, 6) is 1.63. The molecule has 1 aliphatic rings. The van der Waals surface area contributed by atoms with Gasteiger partial charge in [0.15, 0.2) is 11.5 Å². The molecule has 0 aliphatic carbocycles. The van der Waals surface area contributed by atoms with Gasteiger partial charge in [0.25, 0.3) is 5.91 Å². The van der Waals surface area contributed by atoms with Crippen molar-refractivity contribution in [1.82, 2.24) is 0 Å². The first-order chi connectivity index (χ1) is 10.3. The molecule has 5 heteroatoms. The maximum Gasteiger partial charge on any atom is 0.259 e. The van der Waals surface area contributed by atoms with Gasteiger partial charge in [-0.15, -0.1) is 0 Å². The third-order valence-corrected chi connectivity index (χ3v) is 3.15. The zero-order chi connectivity index (χ0) is 14.7. The Bertz CT molecular complexity index is 669. The van der Waals surface area contributed by atoms with E-state index in [0.717, 1.165) is 0 Å². The molecule has 1 N–H and O–H groups in total. The van der Waals surface area contributed by atoms with Gasteiger partial charge in [-0.05, 0) is 24.3 Å². The van der Waals surface area contributed by atoms with Gasteiger partial charge >= 0.3 is 0 Å². The van der Waals surface area contributed by atoms with E-state index in [-0.39, 0.29) is 5.91 Å². The zero-order valence-electron chi connectivity index (χ0n) is 11.6. The number of fused-ring (bicyclic) bond motifs is 1. The summed E-state index contributed by atoms with van der Waals surface area (Å²) in [5.41, 5.74) is 1.13. The Labute approximate surface area is 122 Å². The second-order valence-corrected chi connectivity index (χ2v) is 4.51. The molecule has 2 aromatic rings. The fraction of sp³-hybridized carbons (Fsp3) is 0.188. The second kappa shape index (κ2) is 5.75. The minimum atomic E-state index is -0.232. The standard InChI is InChI=1S/C16H15NO4/c1-19-13-5-3-2-4-12(13)16(18)17-11-6-7-14-15(10-11)21-9-8-20-14/h2-7,10H,8-9H2,1H3,(H,17,18). The molecule has 0 atom stereocenters. The molecule has 0 aromatic heterocycles. The van der Waals surface area contributed by atoms with Crippen LogP contribution in [0.25, 0.3) is 0 Å². The zero-order valence-corrected chi connectivity index (χ0v) is 11.6. The molecule has 0 unspecified atom stereocenters. The average molecular weight is 285 g/mol. The number of amides is 1. The monoisotopic (exact) mass is 285 g/mol. The first kappa shape index (κ1) is 13.3. The number of ether oxygens (including phenoxy) is 3. The normalized spacial score (nSPS) is 12.6. The summed E-state index contributed by atoms with van der Waals surface area (Å²) < 4.78 is 16.1. The van der Waals surface area contributed by atoms with Crippen LogP contribution in [0.4, 0.5) is 5.69 Å². The number of carbonyl (C=O) groups is 1. The van der Waals surface area contributed by atoms with E-state index in [4.69, 9.17) is 14.2 Å². The van der Waals surface area contributed by atoms with E-state index in [1.807, 2.05) is 6.07 Å². The molecule has 2 aromatic carbocycles. The van der Waals surface area contributed by atoms with E-state index < -0.39 is 0 Å². The minimum Gasteiger partial charge on any atom is -0.496 e. The Morgan fingerprint density at radius 2 is 1.86 bits per heavy atom. The van der Waals surface area contributed by atoms with Crippen molar-refractivity contribution in [2.45, 2.75) is 0 Å². The van der Waals surface area contributed by atoms with Gasteiger partial charge in [-0.2, -0.15) is 0 Å². The van der Waals surface area contributed by atoms with E-state index in [9.17, 15) is 4.79 Å². The van der Waals surface area contributed by atoms with Crippen LogP contribution in [0.2, 0.25) is 0 Å². The molecule has 0 spiro atoms. The average Bonchev–Trinajstić information content (AvgIpc) is 2.54. The molecule has 1 aliphatic heterocycles. The van der Waals surface area contributed by atoms with Crippen molar-refractivity contribution in [1.29, 1.82) is 0 Å². The molecule has 3 rings (SSSR count). The van der Waals surface area contributed by atoms with Crippen molar-refractivity contribution in [2.24, 2.45) is 0 Å². The fourth-order valence-electron chi connectivity index (χ4n) is 2.15. The first-order valence-electron chi connectivity index (χ1n) is 6.62. The predicted octanol–water partition coefficient (Wildman–Crippen LogP) is 2.72. The summed E-state index contributed by atoms with van der Waals surface area (Å²) in [5, 5.41) is 2.83. The number of hydrogen-bond donors (Lipinski definition) is 1. The van der Waals surface area contributed by atoms with Gasteiger partial charge in [-0.25, -0.2) is 0 Å². The van der Waals surface area contributed by atoms with E-state index in [1.54, 1.807) is 36.4 Å². The number of nitrogens with one attached hydrogen (secondary N) is 1. The van der Waals surface area contributed by atoms with Crippen molar-refractivity contribution in [2.75, 3.05) is 25.6 Å². The summed E-state index contributed by atoms with van der Waals surface area (Å²) in [6, 6.07) is 12.4. The lowest BCUT2D eigenvalue weighted by Crippen LogP contribution is -2.16. The molecule has 108 valence electrons. The Morgan fingerprint density at radius 1 is 1.10 bits per heavy atom. The molecular weight excluding hydrogens is 270 g/mol. The molecule has 0 fully saturated rings. The maximum atomic E-state index is 12.3. The van der Waals surface area contributed by atoms with Crippen LogP contribution in [-0.4, -0.2) is 26.2 Å². The highest BCUT2D eigenvalue weighted by atomic mass is 16.6. The summed E-state index contributed by atoms with van der Waals surface area (Å²) in [6.07, 6.45) is 0. The molecule has 5 nitrogen and oxygen atoms in total. The molecule has 0 saturated carbocycles. The molecule has 1 amide bonds. The maximum absolute atomic E-state index is 12.3. The van der Waals surface area contributed by atoms with Crippen LogP contribution in [0.3, 0.4) is 0 Å². The topological polar surface area (TPSA) is 56.8 Å². The largest absolute Gasteiger partial charge is 0.496 e. The molecule has 0 bridgehead atoms. The van der Waals surface area contributed by atoms with Crippen LogP contribution in [-0.2, 0) is 0 Å². The van der Waals surface area contributed by atoms with Crippen LogP contribution in [0, 0.1) is 0 Å². The third-order valence-electron chi connectivity index (χ3n) is 3.15. The molecule has 1 heterocycles. The number of para-hydroxylation sites is 1.